The van der Waals surface area contributed by atoms with Crippen LogP contribution in [0.15, 0.2) is 46.7 Å². The first-order chi connectivity index (χ1) is 12.8. The summed E-state index contributed by atoms with van der Waals surface area (Å²) in [5.41, 5.74) is -0.0342. The van der Waals surface area contributed by atoms with Crippen molar-refractivity contribution < 1.29 is 23.1 Å². The summed E-state index contributed by atoms with van der Waals surface area (Å²) in [4.78, 5) is 19.7. The van der Waals surface area contributed by atoms with E-state index in [9.17, 15) is 23.1 Å². The number of aliphatic imine (C=N–C) groups is 1. The van der Waals surface area contributed by atoms with Gasteiger partial charge in [-0.15, -0.1) is 0 Å². The Morgan fingerprint density at radius 1 is 1.26 bits per heavy atom. The third kappa shape index (κ3) is 3.84. The van der Waals surface area contributed by atoms with E-state index in [2.05, 4.69) is 31.2 Å². The van der Waals surface area contributed by atoms with Gasteiger partial charge in [0.15, 0.2) is 11.7 Å². The Labute approximate surface area is 164 Å². The van der Waals surface area contributed by atoms with Crippen molar-refractivity contribution in [2.24, 2.45) is 4.99 Å². The van der Waals surface area contributed by atoms with Crippen LogP contribution >= 0.6 is 27.5 Å². The number of carboxylic acids is 1. The van der Waals surface area contributed by atoms with E-state index in [1.807, 2.05) is 0 Å². The van der Waals surface area contributed by atoms with Gasteiger partial charge in [-0.1, -0.05) is 33.6 Å². The first kappa shape index (κ1) is 19.4. The van der Waals surface area contributed by atoms with Crippen molar-refractivity contribution in [1.82, 2.24) is 10.3 Å². The van der Waals surface area contributed by atoms with E-state index < -0.39 is 29.5 Å². The molecule has 27 heavy (non-hydrogen) atoms. The summed E-state index contributed by atoms with van der Waals surface area (Å²) in [6.45, 7) is 0. The number of amidine groups is 1. The molecule has 0 saturated carbocycles. The van der Waals surface area contributed by atoms with Gasteiger partial charge in [0.1, 0.15) is 23.4 Å². The van der Waals surface area contributed by atoms with Crippen molar-refractivity contribution in [3.8, 4) is 0 Å². The van der Waals surface area contributed by atoms with Gasteiger partial charge in [-0.2, -0.15) is 0 Å². The largest absolute Gasteiger partial charge is 0.478 e. The molecule has 1 aliphatic heterocycles. The van der Waals surface area contributed by atoms with Crippen molar-refractivity contribution in [1.29, 1.82) is 0 Å². The standard InChI is InChI=1S/C17H10BrClF3N3O2/c18-5-12-13(17(26)27)14(9-2-1-7(20)3-10(9)19)25-16(24-12)15-11(22)4-8(21)6-23-15/h1-4,6,14H,5H2,(H,24,25)(H,26,27). The van der Waals surface area contributed by atoms with E-state index in [0.29, 0.717) is 6.07 Å². The predicted molar refractivity (Wildman–Crippen MR) is 96.4 cm³/mol. The highest BCUT2D eigenvalue weighted by molar-refractivity contribution is 9.09. The predicted octanol–water partition coefficient (Wildman–Crippen LogP) is 3.98. The number of halogens is 5. The molecule has 1 aromatic carbocycles. The molecule has 0 amide bonds. The highest BCUT2D eigenvalue weighted by Crippen LogP contribution is 2.36. The van der Waals surface area contributed by atoms with Gasteiger partial charge in [0, 0.05) is 27.7 Å². The first-order valence-corrected chi connectivity index (χ1v) is 8.95. The van der Waals surface area contributed by atoms with Crippen molar-refractivity contribution in [2.45, 2.75) is 6.04 Å². The molecule has 3 rings (SSSR count). The Balaban J connectivity index is 2.20. The summed E-state index contributed by atoms with van der Waals surface area (Å²) in [7, 11) is 0. The minimum Gasteiger partial charge on any atom is -0.478 e. The molecule has 1 unspecified atom stereocenters. The fraction of sp³-hybridized carbons (Fsp3) is 0.118. The number of carboxylic acid groups (broad SMARTS) is 1. The molecule has 1 aromatic heterocycles. The average molecular weight is 461 g/mol. The summed E-state index contributed by atoms with van der Waals surface area (Å²) in [5.74, 6) is -3.82. The number of nitrogens with zero attached hydrogens (tertiary/aromatic N) is 2. The van der Waals surface area contributed by atoms with Crippen LogP contribution in [0.5, 0.6) is 0 Å². The summed E-state index contributed by atoms with van der Waals surface area (Å²) in [6.07, 6.45) is 0.812. The molecule has 0 aliphatic carbocycles. The Hall–Kier alpha value is -2.39. The molecule has 2 aromatic rings. The fourth-order valence-corrected chi connectivity index (χ4v) is 3.32. The number of hydrogen-bond acceptors (Lipinski definition) is 4. The minimum absolute atomic E-state index is 0.0368. The zero-order chi connectivity index (χ0) is 19.7. The third-order valence-corrected chi connectivity index (χ3v) is 4.67. The van der Waals surface area contributed by atoms with Crippen LogP contribution in [0.1, 0.15) is 17.3 Å². The molecule has 0 spiro atoms. The normalized spacial score (nSPS) is 16.8. The second-order valence-corrected chi connectivity index (χ2v) is 6.45. The van der Waals surface area contributed by atoms with Crippen LogP contribution in [0.3, 0.4) is 0 Å². The molecular formula is C17H10BrClF3N3O2. The van der Waals surface area contributed by atoms with E-state index in [4.69, 9.17) is 11.6 Å². The molecule has 0 radical (unpaired) electrons. The lowest BCUT2D eigenvalue weighted by molar-refractivity contribution is -0.133. The Morgan fingerprint density at radius 2 is 2.00 bits per heavy atom. The first-order valence-electron chi connectivity index (χ1n) is 7.45. The van der Waals surface area contributed by atoms with Crippen LogP contribution in [-0.2, 0) is 4.79 Å². The molecule has 5 nitrogen and oxygen atoms in total. The van der Waals surface area contributed by atoms with E-state index in [-0.39, 0.29) is 38.7 Å². The van der Waals surface area contributed by atoms with E-state index >= 15 is 0 Å². The number of pyridine rings is 1. The van der Waals surface area contributed by atoms with E-state index in [1.165, 1.54) is 6.07 Å². The van der Waals surface area contributed by atoms with Crippen molar-refractivity contribution in [3.63, 3.8) is 0 Å². The number of alkyl halides is 1. The Kier molecular flexibility index (Phi) is 5.52. The second kappa shape index (κ2) is 7.69. The van der Waals surface area contributed by atoms with Gasteiger partial charge in [0.05, 0.1) is 11.8 Å². The van der Waals surface area contributed by atoms with Crippen LogP contribution in [-0.4, -0.2) is 27.2 Å². The molecule has 0 fully saturated rings. The topological polar surface area (TPSA) is 74.6 Å². The van der Waals surface area contributed by atoms with Gasteiger partial charge < -0.3 is 10.4 Å². The lowest BCUT2D eigenvalue weighted by Crippen LogP contribution is -2.35. The molecule has 2 heterocycles. The number of carbonyl (C=O) groups is 1. The molecular weight excluding hydrogens is 451 g/mol. The van der Waals surface area contributed by atoms with Gasteiger partial charge >= 0.3 is 5.97 Å². The smallest absolute Gasteiger partial charge is 0.335 e. The lowest BCUT2D eigenvalue weighted by Gasteiger charge is -2.26. The van der Waals surface area contributed by atoms with Gasteiger partial charge in [0.25, 0.3) is 0 Å². The lowest BCUT2D eigenvalue weighted by atomic mass is 9.95. The summed E-state index contributed by atoms with van der Waals surface area (Å²) in [6, 6.07) is 2.93. The number of hydrogen-bond donors (Lipinski definition) is 2. The number of rotatable bonds is 4. The van der Waals surface area contributed by atoms with Crippen LogP contribution in [0.2, 0.25) is 5.02 Å². The number of allylic oxidation sites excluding steroid dienone is 1. The van der Waals surface area contributed by atoms with Crippen molar-refractivity contribution in [2.75, 3.05) is 5.33 Å². The minimum atomic E-state index is -1.28. The second-order valence-electron chi connectivity index (χ2n) is 5.49. The summed E-state index contributed by atoms with van der Waals surface area (Å²) >= 11 is 9.25. The highest BCUT2D eigenvalue weighted by Gasteiger charge is 2.33. The summed E-state index contributed by atoms with van der Waals surface area (Å²) in [5, 5.41) is 12.4. The van der Waals surface area contributed by atoms with Crippen LogP contribution in [0.4, 0.5) is 13.2 Å². The molecule has 1 aliphatic rings. The summed E-state index contributed by atoms with van der Waals surface area (Å²) < 4.78 is 40.7. The number of aliphatic carboxylic acids is 1. The van der Waals surface area contributed by atoms with E-state index in [1.54, 1.807) is 0 Å². The molecule has 0 saturated heterocycles. The average Bonchev–Trinajstić information content (AvgIpc) is 2.60. The van der Waals surface area contributed by atoms with Crippen LogP contribution < -0.4 is 5.32 Å². The van der Waals surface area contributed by atoms with Gasteiger partial charge in [-0.3, -0.25) is 4.99 Å². The SMILES string of the molecule is O=C(O)C1=C(CBr)NC(c2ncc(F)cc2F)=NC1c1ccc(F)cc1Cl. The van der Waals surface area contributed by atoms with Crippen LogP contribution in [0.25, 0.3) is 0 Å². The van der Waals surface area contributed by atoms with Gasteiger partial charge in [0.2, 0.25) is 0 Å². The maximum atomic E-state index is 14.1. The number of nitrogens with one attached hydrogen (secondary N) is 1. The molecule has 140 valence electrons. The van der Waals surface area contributed by atoms with Crippen LogP contribution in [0, 0.1) is 17.5 Å². The molecule has 0 bridgehead atoms. The highest BCUT2D eigenvalue weighted by atomic mass is 79.9. The Morgan fingerprint density at radius 3 is 2.59 bits per heavy atom. The third-order valence-electron chi connectivity index (χ3n) is 3.78. The van der Waals surface area contributed by atoms with E-state index in [0.717, 1.165) is 18.3 Å². The molecule has 1 atom stereocenters. The molecule has 10 heteroatoms. The maximum Gasteiger partial charge on any atom is 0.335 e. The monoisotopic (exact) mass is 459 g/mol. The zero-order valence-corrected chi connectivity index (χ0v) is 15.7. The Bertz CT molecular complexity index is 997. The maximum absolute atomic E-state index is 14.1. The van der Waals surface area contributed by atoms with Gasteiger partial charge in [-0.05, 0) is 12.1 Å². The zero-order valence-electron chi connectivity index (χ0n) is 13.3. The quantitative estimate of drug-likeness (QED) is 0.677. The molecule has 2 N–H and O–H groups in total. The number of benzene rings is 1. The fourth-order valence-electron chi connectivity index (χ4n) is 2.61. The van der Waals surface area contributed by atoms with Crippen molar-refractivity contribution in [3.05, 3.63) is 75.5 Å². The van der Waals surface area contributed by atoms with Crippen molar-refractivity contribution >= 4 is 39.3 Å². The van der Waals surface area contributed by atoms with Gasteiger partial charge in [-0.25, -0.2) is 22.9 Å². The number of aromatic nitrogens is 1.